The van der Waals surface area contributed by atoms with Crippen molar-refractivity contribution < 1.29 is 14.4 Å². The summed E-state index contributed by atoms with van der Waals surface area (Å²) in [6.07, 6.45) is 0.426. The van der Waals surface area contributed by atoms with Gasteiger partial charge in [-0.25, -0.2) is 10.7 Å². The molecule has 0 bridgehead atoms. The number of nitrogens with zero attached hydrogens (tertiary/aromatic N) is 1. The van der Waals surface area contributed by atoms with Crippen molar-refractivity contribution in [1.29, 1.82) is 0 Å². The van der Waals surface area contributed by atoms with Crippen LogP contribution in [0.5, 0.6) is 0 Å². The van der Waals surface area contributed by atoms with E-state index in [1.807, 2.05) is 20.8 Å². The summed E-state index contributed by atoms with van der Waals surface area (Å²) in [7, 11) is 0. The Balaban J connectivity index is 2.40. The normalized spacial score (nSPS) is 22.6. The number of hydrogen-bond acceptors (Lipinski definition) is 4. The number of ether oxygens (including phenoxy) is 1. The van der Waals surface area contributed by atoms with Gasteiger partial charge in [0.2, 0.25) is 0 Å². The molecule has 5 heteroatoms. The number of carbonyl (C=O) groups excluding carboxylic acids is 1. The second-order valence-corrected chi connectivity index (χ2v) is 4.47. The van der Waals surface area contributed by atoms with Gasteiger partial charge in [0.05, 0.1) is 12.6 Å². The molecule has 0 spiro atoms. The van der Waals surface area contributed by atoms with E-state index in [-0.39, 0.29) is 12.2 Å². The summed E-state index contributed by atoms with van der Waals surface area (Å²) in [6.45, 7) is 6.70. The molecule has 1 saturated heterocycles. The van der Waals surface area contributed by atoms with Crippen molar-refractivity contribution in [3.63, 3.8) is 0 Å². The van der Waals surface area contributed by atoms with Crippen LogP contribution in [0.1, 0.15) is 27.2 Å². The first-order chi connectivity index (χ1) is 6.42. The van der Waals surface area contributed by atoms with E-state index in [1.165, 1.54) is 0 Å². The molecule has 0 aromatic heterocycles. The number of amides is 1. The summed E-state index contributed by atoms with van der Waals surface area (Å²) in [4.78, 5) is 17.8. The summed E-state index contributed by atoms with van der Waals surface area (Å²) in [5.74, 6) is 5.04. The van der Waals surface area contributed by atoms with Crippen LogP contribution in [0.2, 0.25) is 0 Å². The summed E-state index contributed by atoms with van der Waals surface area (Å²) >= 11 is 0. The number of hydrogen-bond donors (Lipinski definition) is 1. The smallest absolute Gasteiger partial charge is 0.410 e. The van der Waals surface area contributed by atoms with Gasteiger partial charge < -0.3 is 9.64 Å². The molecule has 1 aliphatic rings. The maximum absolute atomic E-state index is 11.5. The highest BCUT2D eigenvalue weighted by atomic mass is 16.6. The van der Waals surface area contributed by atoms with Gasteiger partial charge in [0.25, 0.3) is 0 Å². The van der Waals surface area contributed by atoms with Gasteiger partial charge in [-0.3, -0.25) is 4.84 Å². The van der Waals surface area contributed by atoms with Gasteiger partial charge in [0, 0.05) is 6.54 Å². The van der Waals surface area contributed by atoms with Crippen LogP contribution in [0.25, 0.3) is 0 Å². The van der Waals surface area contributed by atoms with Crippen LogP contribution in [-0.2, 0) is 9.57 Å². The van der Waals surface area contributed by atoms with E-state index in [4.69, 9.17) is 10.6 Å². The van der Waals surface area contributed by atoms with Gasteiger partial charge >= 0.3 is 6.09 Å². The third-order valence-electron chi connectivity index (χ3n) is 1.99. The van der Waals surface area contributed by atoms with E-state index in [1.54, 1.807) is 4.90 Å². The molecule has 0 aromatic carbocycles. The Hall–Kier alpha value is -0.810. The largest absolute Gasteiger partial charge is 0.444 e. The lowest BCUT2D eigenvalue weighted by Gasteiger charge is -2.24. The molecule has 82 valence electrons. The van der Waals surface area contributed by atoms with E-state index in [0.29, 0.717) is 13.1 Å². The Kier molecular flexibility index (Phi) is 3.34. The Morgan fingerprint density at radius 3 is 2.57 bits per heavy atom. The maximum Gasteiger partial charge on any atom is 0.410 e. The number of nitrogens with two attached hydrogens (primary N) is 1. The Labute approximate surface area is 84.1 Å². The Morgan fingerprint density at radius 1 is 1.50 bits per heavy atom. The predicted molar refractivity (Wildman–Crippen MR) is 51.5 cm³/mol. The third-order valence-corrected chi connectivity index (χ3v) is 1.99. The van der Waals surface area contributed by atoms with Crippen molar-refractivity contribution >= 4 is 6.09 Å². The molecule has 1 amide bonds. The first-order valence-corrected chi connectivity index (χ1v) is 4.76. The van der Waals surface area contributed by atoms with Crippen molar-refractivity contribution in [3.05, 3.63) is 0 Å². The lowest BCUT2D eigenvalue weighted by molar-refractivity contribution is 0.0210. The highest BCUT2D eigenvalue weighted by Gasteiger charge is 2.29. The lowest BCUT2D eigenvalue weighted by atomic mass is 10.2. The Morgan fingerprint density at radius 2 is 2.14 bits per heavy atom. The van der Waals surface area contributed by atoms with E-state index >= 15 is 0 Å². The molecule has 0 aromatic rings. The molecule has 2 N–H and O–H groups in total. The molecule has 1 unspecified atom stereocenters. The molecule has 1 fully saturated rings. The molecule has 1 aliphatic heterocycles. The number of carbonyl (C=O) groups is 1. The average Bonchev–Trinajstić information content (AvgIpc) is 2.48. The van der Waals surface area contributed by atoms with Crippen LogP contribution in [0, 0.1) is 0 Å². The van der Waals surface area contributed by atoms with Crippen molar-refractivity contribution in [1.82, 2.24) is 4.90 Å². The van der Waals surface area contributed by atoms with Crippen molar-refractivity contribution in [2.45, 2.75) is 38.9 Å². The second-order valence-electron chi connectivity index (χ2n) is 4.47. The monoisotopic (exact) mass is 202 g/mol. The minimum absolute atomic E-state index is 0.0532. The quantitative estimate of drug-likeness (QED) is 0.641. The van der Waals surface area contributed by atoms with Crippen LogP contribution in [-0.4, -0.2) is 35.8 Å². The molecule has 1 heterocycles. The van der Waals surface area contributed by atoms with E-state index in [2.05, 4.69) is 4.84 Å². The molecular weight excluding hydrogens is 184 g/mol. The molecule has 14 heavy (non-hydrogen) atoms. The van der Waals surface area contributed by atoms with Crippen molar-refractivity contribution in [2.75, 3.05) is 13.1 Å². The first kappa shape index (κ1) is 11.3. The van der Waals surface area contributed by atoms with Gasteiger partial charge in [-0.15, -0.1) is 0 Å². The minimum Gasteiger partial charge on any atom is -0.444 e. The van der Waals surface area contributed by atoms with Crippen LogP contribution in [0.15, 0.2) is 0 Å². The molecule has 0 radical (unpaired) electrons. The summed E-state index contributed by atoms with van der Waals surface area (Å²) in [6, 6.07) is 0. The van der Waals surface area contributed by atoms with Gasteiger partial charge in [-0.2, -0.15) is 0 Å². The third kappa shape index (κ3) is 3.16. The molecule has 0 aliphatic carbocycles. The fourth-order valence-electron chi connectivity index (χ4n) is 1.33. The van der Waals surface area contributed by atoms with Gasteiger partial charge in [-0.05, 0) is 27.2 Å². The van der Waals surface area contributed by atoms with E-state index in [9.17, 15) is 4.79 Å². The zero-order chi connectivity index (χ0) is 10.8. The van der Waals surface area contributed by atoms with Gasteiger partial charge in [-0.1, -0.05) is 0 Å². The topological polar surface area (TPSA) is 64.8 Å². The standard InChI is InChI=1S/C9H18N2O3/c1-9(2,3)13-8(12)11-5-4-7(6-11)14-10/h7H,4-6,10H2,1-3H3. The minimum atomic E-state index is -0.446. The first-order valence-electron chi connectivity index (χ1n) is 4.76. The van der Waals surface area contributed by atoms with Crippen LogP contribution >= 0.6 is 0 Å². The summed E-state index contributed by atoms with van der Waals surface area (Å²) < 4.78 is 5.21. The van der Waals surface area contributed by atoms with Crippen molar-refractivity contribution in [2.24, 2.45) is 5.90 Å². The van der Waals surface area contributed by atoms with Gasteiger partial charge in [0.1, 0.15) is 5.60 Å². The van der Waals surface area contributed by atoms with Crippen molar-refractivity contribution in [3.8, 4) is 0 Å². The van der Waals surface area contributed by atoms with E-state index < -0.39 is 5.60 Å². The molecule has 1 atom stereocenters. The fraction of sp³-hybridized carbons (Fsp3) is 0.889. The van der Waals surface area contributed by atoms with Crippen LogP contribution in [0.4, 0.5) is 4.79 Å². The zero-order valence-electron chi connectivity index (χ0n) is 8.95. The lowest BCUT2D eigenvalue weighted by Crippen LogP contribution is -2.36. The van der Waals surface area contributed by atoms with E-state index in [0.717, 1.165) is 6.42 Å². The molecular formula is C9H18N2O3. The fourth-order valence-corrected chi connectivity index (χ4v) is 1.33. The molecule has 5 nitrogen and oxygen atoms in total. The average molecular weight is 202 g/mol. The highest BCUT2D eigenvalue weighted by Crippen LogP contribution is 2.15. The number of rotatable bonds is 1. The molecule has 0 saturated carbocycles. The van der Waals surface area contributed by atoms with Crippen LogP contribution in [0.3, 0.4) is 0 Å². The number of likely N-dealkylation sites (tertiary alicyclic amines) is 1. The predicted octanol–water partition coefficient (Wildman–Crippen LogP) is 0.886. The molecule has 1 rings (SSSR count). The van der Waals surface area contributed by atoms with Crippen LogP contribution < -0.4 is 5.90 Å². The summed E-state index contributed by atoms with van der Waals surface area (Å²) in [5, 5.41) is 0. The van der Waals surface area contributed by atoms with Gasteiger partial charge in [0.15, 0.2) is 0 Å². The SMILES string of the molecule is CC(C)(C)OC(=O)N1CCC(ON)C1. The summed E-state index contributed by atoms with van der Waals surface area (Å²) in [5.41, 5.74) is -0.446. The maximum atomic E-state index is 11.5. The highest BCUT2D eigenvalue weighted by molar-refractivity contribution is 5.68. The zero-order valence-corrected chi connectivity index (χ0v) is 8.95. The second kappa shape index (κ2) is 4.14. The Bertz CT molecular complexity index is 213.